The molecule has 3 rings (SSSR count). The first-order valence-corrected chi connectivity index (χ1v) is 10.3. The van der Waals surface area contributed by atoms with Crippen LogP contribution in [0.25, 0.3) is 11.3 Å². The third kappa shape index (κ3) is 4.36. The van der Waals surface area contributed by atoms with Crippen LogP contribution in [0, 0.1) is 13.8 Å². The summed E-state index contributed by atoms with van der Waals surface area (Å²) >= 11 is 6.11. The fourth-order valence-electron chi connectivity index (χ4n) is 2.84. The smallest absolute Gasteiger partial charge is 0.358 e. The van der Waals surface area contributed by atoms with Crippen molar-refractivity contribution in [1.29, 1.82) is 0 Å². The molecule has 8 nitrogen and oxygen atoms in total. The first kappa shape index (κ1) is 20.7. The van der Waals surface area contributed by atoms with Gasteiger partial charge in [0.1, 0.15) is 10.0 Å². The summed E-state index contributed by atoms with van der Waals surface area (Å²) in [6.45, 7) is 3.83. The van der Waals surface area contributed by atoms with Gasteiger partial charge in [-0.25, -0.2) is 32.9 Å². The van der Waals surface area contributed by atoms with E-state index in [4.69, 9.17) is 11.6 Å². The standard InChI is InChI=1S/C19H17ClN4O4S/c1-11-6-4-7-12(2)16(11)13-10-15(20)23-19(22-13)24-29(26,27)14-8-5-9-21-17(14)18(25)28-3/h4-10H,1-3H3,(H,22,23,24). The van der Waals surface area contributed by atoms with Crippen LogP contribution in [0.1, 0.15) is 21.6 Å². The van der Waals surface area contributed by atoms with Crippen LogP contribution in [0.3, 0.4) is 0 Å². The molecule has 0 aliphatic carbocycles. The van der Waals surface area contributed by atoms with Crippen LogP contribution in [0.5, 0.6) is 0 Å². The average molecular weight is 433 g/mol. The molecule has 0 aliphatic heterocycles. The summed E-state index contributed by atoms with van der Waals surface area (Å²) in [6, 6.07) is 9.93. The zero-order chi connectivity index (χ0) is 21.2. The van der Waals surface area contributed by atoms with E-state index in [2.05, 4.69) is 24.4 Å². The van der Waals surface area contributed by atoms with Crippen LogP contribution >= 0.6 is 11.6 Å². The van der Waals surface area contributed by atoms with Crippen molar-refractivity contribution in [2.45, 2.75) is 18.7 Å². The van der Waals surface area contributed by atoms with Gasteiger partial charge >= 0.3 is 5.97 Å². The third-order valence-corrected chi connectivity index (χ3v) is 5.65. The highest BCUT2D eigenvalue weighted by atomic mass is 35.5. The molecule has 0 unspecified atom stereocenters. The second-order valence-corrected chi connectivity index (χ2v) is 8.15. The Balaban J connectivity index is 2.06. The van der Waals surface area contributed by atoms with Gasteiger partial charge in [-0.2, -0.15) is 0 Å². The van der Waals surface area contributed by atoms with Gasteiger partial charge in [0.15, 0.2) is 5.69 Å². The van der Waals surface area contributed by atoms with Crippen molar-refractivity contribution in [2.75, 3.05) is 11.8 Å². The van der Waals surface area contributed by atoms with Crippen molar-refractivity contribution in [3.05, 3.63) is 64.6 Å². The number of methoxy groups -OCH3 is 1. The number of pyridine rings is 1. The van der Waals surface area contributed by atoms with E-state index in [-0.39, 0.29) is 21.7 Å². The average Bonchev–Trinajstić information content (AvgIpc) is 2.66. The van der Waals surface area contributed by atoms with Crippen molar-refractivity contribution < 1.29 is 17.9 Å². The van der Waals surface area contributed by atoms with Crippen LogP contribution in [0.2, 0.25) is 5.15 Å². The summed E-state index contributed by atoms with van der Waals surface area (Å²) in [5.74, 6) is -1.11. The highest BCUT2D eigenvalue weighted by molar-refractivity contribution is 7.92. The van der Waals surface area contributed by atoms with Gasteiger partial charge in [-0.05, 0) is 37.1 Å². The number of esters is 1. The van der Waals surface area contributed by atoms with Gasteiger partial charge < -0.3 is 4.74 Å². The summed E-state index contributed by atoms with van der Waals surface area (Å²) in [6.07, 6.45) is 1.29. The molecular formula is C19H17ClN4O4S. The molecular weight excluding hydrogens is 416 g/mol. The lowest BCUT2D eigenvalue weighted by Crippen LogP contribution is -2.20. The maximum atomic E-state index is 12.9. The molecule has 0 bridgehead atoms. The van der Waals surface area contributed by atoms with Gasteiger partial charge in [0, 0.05) is 17.8 Å². The fraction of sp³-hybridized carbons (Fsp3) is 0.158. The van der Waals surface area contributed by atoms with Gasteiger partial charge in [-0.3, -0.25) is 0 Å². The van der Waals surface area contributed by atoms with Crippen molar-refractivity contribution in [3.63, 3.8) is 0 Å². The number of carbonyl (C=O) groups is 1. The first-order chi connectivity index (χ1) is 13.7. The predicted octanol–water partition coefficient (Wildman–Crippen LogP) is 3.40. The van der Waals surface area contributed by atoms with E-state index in [1.165, 1.54) is 18.3 Å². The number of hydrogen-bond acceptors (Lipinski definition) is 7. The molecule has 3 aromatic rings. The number of rotatable bonds is 5. The molecule has 0 spiro atoms. The molecule has 0 fully saturated rings. The van der Waals surface area contributed by atoms with E-state index < -0.39 is 16.0 Å². The number of ether oxygens (including phenoxy) is 1. The molecule has 0 amide bonds. The molecule has 0 saturated heterocycles. The van der Waals surface area contributed by atoms with Crippen LogP contribution < -0.4 is 4.72 Å². The summed E-state index contributed by atoms with van der Waals surface area (Å²) in [5.41, 5.74) is 2.86. The molecule has 10 heteroatoms. The largest absolute Gasteiger partial charge is 0.464 e. The Bertz CT molecular complexity index is 1180. The molecule has 1 aromatic carbocycles. The lowest BCUT2D eigenvalue weighted by atomic mass is 10.00. The van der Waals surface area contributed by atoms with E-state index in [0.29, 0.717) is 5.69 Å². The summed E-state index contributed by atoms with van der Waals surface area (Å²) < 4.78 is 32.6. The number of hydrogen-bond donors (Lipinski definition) is 1. The number of aromatic nitrogens is 3. The molecule has 29 heavy (non-hydrogen) atoms. The fourth-order valence-corrected chi connectivity index (χ4v) is 4.12. The van der Waals surface area contributed by atoms with Crippen molar-refractivity contribution in [3.8, 4) is 11.3 Å². The summed E-state index contributed by atoms with van der Waals surface area (Å²) in [7, 11) is -3.10. The van der Waals surface area contributed by atoms with Gasteiger partial charge in [0.2, 0.25) is 5.95 Å². The van der Waals surface area contributed by atoms with Crippen LogP contribution in [0.4, 0.5) is 5.95 Å². The minimum Gasteiger partial charge on any atom is -0.464 e. The van der Waals surface area contributed by atoms with E-state index >= 15 is 0 Å². The number of sulfonamides is 1. The number of nitrogens with one attached hydrogen (secondary N) is 1. The van der Waals surface area contributed by atoms with Gasteiger partial charge in [0.05, 0.1) is 12.8 Å². The molecule has 1 N–H and O–H groups in total. The van der Waals surface area contributed by atoms with Crippen LogP contribution in [-0.4, -0.2) is 36.4 Å². The Labute approximate surface area is 173 Å². The van der Waals surface area contributed by atoms with Crippen molar-refractivity contribution >= 4 is 33.5 Å². The van der Waals surface area contributed by atoms with E-state index in [1.807, 2.05) is 32.0 Å². The molecule has 2 heterocycles. The van der Waals surface area contributed by atoms with Gasteiger partial charge in [0.25, 0.3) is 10.0 Å². The Morgan fingerprint density at radius 2 is 1.79 bits per heavy atom. The Kier molecular flexibility index (Phi) is 5.81. The third-order valence-electron chi connectivity index (χ3n) is 4.10. The lowest BCUT2D eigenvalue weighted by Gasteiger charge is -2.12. The second kappa shape index (κ2) is 8.14. The van der Waals surface area contributed by atoms with Gasteiger partial charge in [-0.15, -0.1) is 0 Å². The van der Waals surface area contributed by atoms with Crippen molar-refractivity contribution in [1.82, 2.24) is 15.0 Å². The SMILES string of the molecule is COC(=O)c1ncccc1S(=O)(=O)Nc1nc(Cl)cc(-c2c(C)cccc2C)n1. The van der Waals surface area contributed by atoms with E-state index in [9.17, 15) is 13.2 Å². The first-order valence-electron chi connectivity index (χ1n) is 8.40. The summed E-state index contributed by atoms with van der Waals surface area (Å²) in [5, 5.41) is 0.0646. The van der Waals surface area contributed by atoms with Gasteiger partial charge in [-0.1, -0.05) is 29.8 Å². The molecule has 150 valence electrons. The monoisotopic (exact) mass is 432 g/mol. The lowest BCUT2D eigenvalue weighted by molar-refractivity contribution is 0.0589. The van der Waals surface area contributed by atoms with E-state index in [1.54, 1.807) is 6.07 Å². The molecule has 0 radical (unpaired) electrons. The maximum Gasteiger partial charge on any atom is 0.358 e. The number of benzene rings is 1. The zero-order valence-electron chi connectivity index (χ0n) is 15.8. The predicted molar refractivity (Wildman–Crippen MR) is 108 cm³/mol. The topological polar surface area (TPSA) is 111 Å². The molecule has 2 aromatic heterocycles. The minimum absolute atomic E-state index is 0.0646. The quantitative estimate of drug-likeness (QED) is 0.485. The summed E-state index contributed by atoms with van der Waals surface area (Å²) in [4.78, 5) is 23.6. The molecule has 0 aliphatic rings. The minimum atomic E-state index is -4.23. The molecule has 0 atom stereocenters. The zero-order valence-corrected chi connectivity index (χ0v) is 17.4. The normalized spacial score (nSPS) is 11.2. The molecule has 0 saturated carbocycles. The number of halogens is 1. The van der Waals surface area contributed by atoms with Crippen molar-refractivity contribution in [2.24, 2.45) is 0 Å². The Hall–Kier alpha value is -3.04. The number of nitrogens with zero attached hydrogens (tertiary/aromatic N) is 3. The maximum absolute atomic E-state index is 12.9. The highest BCUT2D eigenvalue weighted by Crippen LogP contribution is 2.28. The number of anilines is 1. The second-order valence-electron chi connectivity index (χ2n) is 6.11. The highest BCUT2D eigenvalue weighted by Gasteiger charge is 2.25. The Morgan fingerprint density at radius 3 is 2.45 bits per heavy atom. The number of aryl methyl sites for hydroxylation is 2. The Morgan fingerprint density at radius 1 is 1.10 bits per heavy atom. The van der Waals surface area contributed by atoms with Crippen LogP contribution in [-0.2, 0) is 14.8 Å². The number of carbonyl (C=O) groups excluding carboxylic acids is 1. The van der Waals surface area contributed by atoms with E-state index in [0.717, 1.165) is 23.8 Å². The van der Waals surface area contributed by atoms with Crippen LogP contribution in [0.15, 0.2) is 47.5 Å².